The molecule has 1 saturated heterocycles. The van der Waals surface area contributed by atoms with Gasteiger partial charge >= 0.3 is 0 Å². The Balaban J connectivity index is 0.00000162. The molecule has 0 bridgehead atoms. The maximum Gasteiger partial charge on any atom is 0.245 e. The maximum absolute atomic E-state index is 13.5. The first-order valence-corrected chi connectivity index (χ1v) is 7.04. The van der Waals surface area contributed by atoms with Gasteiger partial charge in [0, 0.05) is 12.6 Å². The molecule has 1 aliphatic heterocycles. The molecule has 18 heavy (non-hydrogen) atoms. The topological polar surface area (TPSA) is 58.2 Å². The van der Waals surface area contributed by atoms with Gasteiger partial charge in [0.05, 0.1) is 5.02 Å². The Labute approximate surface area is 116 Å². The lowest BCUT2D eigenvalue weighted by atomic mass is 10.3. The maximum atomic E-state index is 13.5. The minimum atomic E-state index is -3.90. The average molecular weight is 315 g/mol. The summed E-state index contributed by atoms with van der Waals surface area (Å²) in [5, 5.41) is 2.91. The van der Waals surface area contributed by atoms with Crippen LogP contribution in [-0.2, 0) is 10.0 Å². The van der Waals surface area contributed by atoms with Crippen LogP contribution < -0.4 is 10.0 Å². The molecule has 0 amide bonds. The molecule has 102 valence electrons. The van der Waals surface area contributed by atoms with Gasteiger partial charge < -0.3 is 5.32 Å². The van der Waals surface area contributed by atoms with Crippen molar-refractivity contribution in [2.45, 2.75) is 17.4 Å². The third-order valence-corrected chi connectivity index (χ3v) is 4.59. The molecule has 8 heteroatoms. The van der Waals surface area contributed by atoms with Crippen molar-refractivity contribution in [2.75, 3.05) is 13.1 Å². The van der Waals surface area contributed by atoms with Gasteiger partial charge in [0.15, 0.2) is 0 Å². The predicted octanol–water partition coefficient (Wildman–Crippen LogP) is 1.54. The Morgan fingerprint density at radius 1 is 1.44 bits per heavy atom. The fourth-order valence-electron chi connectivity index (χ4n) is 1.77. The lowest BCUT2D eigenvalue weighted by Gasteiger charge is -2.13. The number of halogens is 3. The van der Waals surface area contributed by atoms with Crippen molar-refractivity contribution in [1.82, 2.24) is 10.0 Å². The fraction of sp³-hybridized carbons (Fsp3) is 0.400. The van der Waals surface area contributed by atoms with Crippen molar-refractivity contribution in [1.29, 1.82) is 0 Å². The molecule has 2 N–H and O–H groups in total. The summed E-state index contributed by atoms with van der Waals surface area (Å²) in [4.78, 5) is -0.478. The molecular formula is C10H13Cl2FN2O2S. The molecule has 1 unspecified atom stereocenters. The summed E-state index contributed by atoms with van der Waals surface area (Å²) in [6.45, 7) is 1.30. The lowest BCUT2D eigenvalue weighted by Crippen LogP contribution is -2.36. The van der Waals surface area contributed by atoms with E-state index in [4.69, 9.17) is 11.6 Å². The van der Waals surface area contributed by atoms with Crippen LogP contribution in [0.3, 0.4) is 0 Å². The Morgan fingerprint density at radius 3 is 2.72 bits per heavy atom. The van der Waals surface area contributed by atoms with Crippen molar-refractivity contribution >= 4 is 34.0 Å². The van der Waals surface area contributed by atoms with Crippen molar-refractivity contribution in [3.8, 4) is 0 Å². The van der Waals surface area contributed by atoms with E-state index in [1.54, 1.807) is 0 Å². The van der Waals surface area contributed by atoms with E-state index < -0.39 is 20.7 Å². The Hall–Kier alpha value is -0.400. The van der Waals surface area contributed by atoms with E-state index in [-0.39, 0.29) is 23.5 Å². The second-order valence-electron chi connectivity index (χ2n) is 3.86. The highest BCUT2D eigenvalue weighted by molar-refractivity contribution is 7.89. The minimum absolute atomic E-state index is 0. The summed E-state index contributed by atoms with van der Waals surface area (Å²) in [6.07, 6.45) is 0.686. The van der Waals surface area contributed by atoms with Crippen molar-refractivity contribution < 1.29 is 12.8 Å². The van der Waals surface area contributed by atoms with Gasteiger partial charge in [-0.3, -0.25) is 0 Å². The first-order valence-electron chi connectivity index (χ1n) is 5.18. The number of hydrogen-bond acceptors (Lipinski definition) is 3. The summed E-state index contributed by atoms with van der Waals surface area (Å²) in [7, 11) is -3.90. The summed E-state index contributed by atoms with van der Waals surface area (Å²) in [5.41, 5.74) is 0. The van der Waals surface area contributed by atoms with Gasteiger partial charge in [0.1, 0.15) is 10.7 Å². The van der Waals surface area contributed by atoms with Crippen LogP contribution in [0.1, 0.15) is 6.42 Å². The number of rotatable bonds is 3. The second kappa shape index (κ2) is 6.16. The highest BCUT2D eigenvalue weighted by Crippen LogP contribution is 2.24. The Kier molecular flexibility index (Phi) is 5.36. The van der Waals surface area contributed by atoms with Crippen LogP contribution in [0, 0.1) is 5.82 Å². The molecule has 2 rings (SSSR count). The molecule has 0 radical (unpaired) electrons. The van der Waals surface area contributed by atoms with Gasteiger partial charge in [0.25, 0.3) is 0 Å². The molecule has 0 aliphatic carbocycles. The minimum Gasteiger partial charge on any atom is -0.315 e. The summed E-state index contributed by atoms with van der Waals surface area (Å²) >= 11 is 5.72. The zero-order chi connectivity index (χ0) is 12.5. The van der Waals surface area contributed by atoms with Crippen LogP contribution in [0.4, 0.5) is 4.39 Å². The highest BCUT2D eigenvalue weighted by Gasteiger charge is 2.27. The standard InChI is InChI=1S/C10H12ClFN2O2S.ClH/c11-8-2-1-3-9(12)10(8)17(15,16)14-7-4-5-13-6-7;/h1-3,7,13-14H,4-6H2;1H. The van der Waals surface area contributed by atoms with Crippen molar-refractivity contribution in [3.05, 3.63) is 29.0 Å². The molecule has 1 aromatic rings. The molecule has 1 aromatic carbocycles. The Morgan fingerprint density at radius 2 is 2.17 bits per heavy atom. The summed E-state index contributed by atoms with van der Waals surface area (Å²) in [6, 6.07) is 3.59. The van der Waals surface area contributed by atoms with Gasteiger partial charge in [-0.2, -0.15) is 0 Å². The highest BCUT2D eigenvalue weighted by atomic mass is 35.5. The van der Waals surface area contributed by atoms with Gasteiger partial charge in [-0.05, 0) is 25.1 Å². The molecular weight excluding hydrogens is 302 g/mol. The molecule has 0 aromatic heterocycles. The SMILES string of the molecule is Cl.O=S(=O)(NC1CCNC1)c1c(F)cccc1Cl. The zero-order valence-corrected chi connectivity index (χ0v) is 11.7. The largest absolute Gasteiger partial charge is 0.315 e. The average Bonchev–Trinajstić information content (AvgIpc) is 2.68. The first kappa shape index (κ1) is 15.7. The van der Waals surface area contributed by atoms with Crippen LogP contribution in [0.5, 0.6) is 0 Å². The monoisotopic (exact) mass is 314 g/mol. The van der Waals surface area contributed by atoms with E-state index in [9.17, 15) is 12.8 Å². The molecule has 1 fully saturated rings. The van der Waals surface area contributed by atoms with Crippen LogP contribution in [0.25, 0.3) is 0 Å². The van der Waals surface area contributed by atoms with E-state index in [1.165, 1.54) is 12.1 Å². The number of nitrogens with one attached hydrogen (secondary N) is 2. The van der Waals surface area contributed by atoms with Gasteiger partial charge in [-0.1, -0.05) is 17.7 Å². The molecule has 0 saturated carbocycles. The molecule has 1 heterocycles. The van der Waals surface area contributed by atoms with Crippen molar-refractivity contribution in [2.24, 2.45) is 0 Å². The summed E-state index contributed by atoms with van der Waals surface area (Å²) in [5.74, 6) is -0.837. The smallest absolute Gasteiger partial charge is 0.245 e. The Bertz CT molecular complexity index is 498. The zero-order valence-electron chi connectivity index (χ0n) is 9.32. The van der Waals surface area contributed by atoms with E-state index in [1.807, 2.05) is 0 Å². The van der Waals surface area contributed by atoms with Gasteiger partial charge in [-0.15, -0.1) is 12.4 Å². The molecule has 1 atom stereocenters. The predicted molar refractivity (Wildman–Crippen MR) is 70.3 cm³/mol. The third kappa shape index (κ3) is 3.33. The van der Waals surface area contributed by atoms with Crippen LogP contribution >= 0.6 is 24.0 Å². The second-order valence-corrected chi connectivity index (χ2v) is 5.92. The van der Waals surface area contributed by atoms with E-state index in [0.717, 1.165) is 12.6 Å². The molecule has 0 spiro atoms. The number of sulfonamides is 1. The van der Waals surface area contributed by atoms with Crippen LogP contribution in [0.15, 0.2) is 23.1 Å². The van der Waals surface area contributed by atoms with E-state index in [0.29, 0.717) is 13.0 Å². The molecule has 1 aliphatic rings. The third-order valence-electron chi connectivity index (χ3n) is 2.57. The van der Waals surface area contributed by atoms with Crippen LogP contribution in [-0.4, -0.2) is 27.5 Å². The normalized spacial score (nSPS) is 19.6. The lowest BCUT2D eigenvalue weighted by molar-refractivity contribution is 0.542. The fourth-order valence-corrected chi connectivity index (χ4v) is 3.65. The van der Waals surface area contributed by atoms with E-state index in [2.05, 4.69) is 10.0 Å². The number of hydrogen-bond donors (Lipinski definition) is 2. The quantitative estimate of drug-likeness (QED) is 0.890. The van der Waals surface area contributed by atoms with Crippen molar-refractivity contribution in [3.63, 3.8) is 0 Å². The number of benzene rings is 1. The van der Waals surface area contributed by atoms with Gasteiger partial charge in [-0.25, -0.2) is 17.5 Å². The summed E-state index contributed by atoms with van der Waals surface area (Å²) < 4.78 is 39.9. The molecule has 4 nitrogen and oxygen atoms in total. The van der Waals surface area contributed by atoms with Gasteiger partial charge in [0.2, 0.25) is 10.0 Å². The van der Waals surface area contributed by atoms with E-state index >= 15 is 0 Å². The van der Waals surface area contributed by atoms with Crippen LogP contribution in [0.2, 0.25) is 5.02 Å². The first-order chi connectivity index (χ1) is 8.00.